The maximum Gasteiger partial charge on any atom is 0.417 e. The Hall–Kier alpha value is -2.90. The van der Waals surface area contributed by atoms with E-state index in [2.05, 4.69) is 20.5 Å². The van der Waals surface area contributed by atoms with E-state index in [4.69, 9.17) is 0 Å². The molecule has 2 N–H and O–H groups in total. The number of benzene rings is 1. The van der Waals surface area contributed by atoms with Crippen LogP contribution in [0.3, 0.4) is 0 Å². The predicted octanol–water partition coefficient (Wildman–Crippen LogP) is 3.23. The van der Waals surface area contributed by atoms with Crippen molar-refractivity contribution < 1.29 is 18.0 Å². The lowest BCUT2D eigenvalue weighted by Gasteiger charge is -2.08. The molecule has 3 rings (SSSR count). The average molecular weight is 306 g/mol. The molecule has 0 saturated carbocycles. The first kappa shape index (κ1) is 14.1. The molecule has 8 heteroatoms. The molecule has 22 heavy (non-hydrogen) atoms. The number of fused-ring (bicyclic) bond motifs is 1. The molecule has 5 nitrogen and oxygen atoms in total. The number of carbonyl (C=O) groups is 1. The van der Waals surface area contributed by atoms with Crippen LogP contribution in [0.4, 0.5) is 18.9 Å². The molecule has 3 aromatic rings. The molecule has 2 aromatic heterocycles. The maximum absolute atomic E-state index is 12.6. The van der Waals surface area contributed by atoms with Gasteiger partial charge in [-0.1, -0.05) is 0 Å². The number of pyridine rings is 1. The summed E-state index contributed by atoms with van der Waals surface area (Å²) in [7, 11) is 0. The van der Waals surface area contributed by atoms with Crippen molar-refractivity contribution in [2.24, 2.45) is 0 Å². The number of nitrogens with zero attached hydrogens (tertiary/aromatic N) is 2. The summed E-state index contributed by atoms with van der Waals surface area (Å²) in [5.41, 5.74) is 0.114. The van der Waals surface area contributed by atoms with Crippen molar-refractivity contribution in [2.45, 2.75) is 6.18 Å². The van der Waals surface area contributed by atoms with Crippen LogP contribution < -0.4 is 5.32 Å². The summed E-state index contributed by atoms with van der Waals surface area (Å²) < 4.78 is 37.8. The number of hydrogen-bond acceptors (Lipinski definition) is 3. The van der Waals surface area contributed by atoms with Crippen molar-refractivity contribution in [2.75, 3.05) is 5.32 Å². The molecular formula is C14H9F3N4O. The van der Waals surface area contributed by atoms with Crippen molar-refractivity contribution in [3.63, 3.8) is 0 Å². The number of alkyl halides is 3. The summed E-state index contributed by atoms with van der Waals surface area (Å²) in [5.74, 6) is -0.665. The number of nitrogens with one attached hydrogen (secondary N) is 2. The molecule has 1 aromatic carbocycles. The fourth-order valence-corrected chi connectivity index (χ4v) is 1.94. The van der Waals surface area contributed by atoms with Gasteiger partial charge >= 0.3 is 6.18 Å². The van der Waals surface area contributed by atoms with Gasteiger partial charge in [-0.15, -0.1) is 0 Å². The van der Waals surface area contributed by atoms with Crippen LogP contribution in [0.15, 0.2) is 42.9 Å². The first-order valence-corrected chi connectivity index (χ1v) is 6.20. The van der Waals surface area contributed by atoms with Gasteiger partial charge in [-0.2, -0.15) is 18.3 Å². The van der Waals surface area contributed by atoms with Gasteiger partial charge in [0.2, 0.25) is 0 Å². The van der Waals surface area contributed by atoms with Crippen LogP contribution in [0.25, 0.3) is 10.9 Å². The highest BCUT2D eigenvalue weighted by molar-refractivity contribution is 6.05. The van der Waals surface area contributed by atoms with E-state index in [9.17, 15) is 18.0 Å². The van der Waals surface area contributed by atoms with Gasteiger partial charge in [0.25, 0.3) is 5.91 Å². The third kappa shape index (κ3) is 2.76. The van der Waals surface area contributed by atoms with Crippen molar-refractivity contribution in [1.82, 2.24) is 15.2 Å². The Morgan fingerprint density at radius 2 is 1.95 bits per heavy atom. The number of halogens is 3. The highest BCUT2D eigenvalue weighted by Gasteiger charge is 2.31. The summed E-state index contributed by atoms with van der Waals surface area (Å²) in [6, 6.07) is 5.76. The Kier molecular flexibility index (Phi) is 3.28. The molecule has 0 bridgehead atoms. The Balaban J connectivity index is 1.85. The predicted molar refractivity (Wildman–Crippen MR) is 73.3 cm³/mol. The van der Waals surface area contributed by atoms with Crippen LogP contribution in [0.5, 0.6) is 0 Å². The van der Waals surface area contributed by atoms with Crippen LogP contribution in [0, 0.1) is 0 Å². The van der Waals surface area contributed by atoms with Gasteiger partial charge < -0.3 is 5.32 Å². The standard InChI is InChI=1S/C14H9F3N4O/c15-14(16,17)10-3-9(5-18-7-10)13(22)20-11-1-2-12-8(4-11)6-19-21-12/h1-7H,(H,19,21)(H,20,22). The number of rotatable bonds is 2. The van der Waals surface area contributed by atoms with Crippen molar-refractivity contribution >= 4 is 22.5 Å². The molecule has 0 atom stereocenters. The Morgan fingerprint density at radius 3 is 2.73 bits per heavy atom. The third-order valence-electron chi connectivity index (χ3n) is 3.03. The van der Waals surface area contributed by atoms with Gasteiger partial charge in [0.05, 0.1) is 22.8 Å². The minimum Gasteiger partial charge on any atom is -0.322 e. The maximum atomic E-state index is 12.6. The molecule has 1 amide bonds. The van der Waals surface area contributed by atoms with Crippen molar-refractivity contribution in [1.29, 1.82) is 0 Å². The monoisotopic (exact) mass is 306 g/mol. The van der Waals surface area contributed by atoms with E-state index in [1.54, 1.807) is 24.4 Å². The summed E-state index contributed by atoms with van der Waals surface area (Å²) >= 11 is 0. The topological polar surface area (TPSA) is 70.7 Å². The second-order valence-corrected chi connectivity index (χ2v) is 4.59. The summed E-state index contributed by atoms with van der Waals surface area (Å²) in [5, 5.41) is 9.91. The molecule has 112 valence electrons. The van der Waals surface area contributed by atoms with E-state index in [0.29, 0.717) is 11.9 Å². The molecule has 0 aliphatic rings. The number of hydrogen-bond donors (Lipinski definition) is 2. The minimum absolute atomic E-state index is 0.165. The number of anilines is 1. The van der Waals surface area contributed by atoms with Crippen LogP contribution in [0.1, 0.15) is 15.9 Å². The fourth-order valence-electron chi connectivity index (χ4n) is 1.94. The van der Waals surface area contributed by atoms with Gasteiger partial charge in [0.15, 0.2) is 0 Å². The zero-order valence-electron chi connectivity index (χ0n) is 11.0. The molecular weight excluding hydrogens is 297 g/mol. The smallest absolute Gasteiger partial charge is 0.322 e. The van der Waals surface area contributed by atoms with Crippen molar-refractivity contribution in [3.8, 4) is 0 Å². The van der Waals surface area contributed by atoms with Gasteiger partial charge in [-0.25, -0.2) is 0 Å². The van der Waals surface area contributed by atoms with E-state index < -0.39 is 17.6 Å². The van der Waals surface area contributed by atoms with Crippen molar-refractivity contribution in [3.05, 3.63) is 54.0 Å². The summed E-state index contributed by atoms with van der Waals surface area (Å²) in [6.45, 7) is 0. The van der Waals surface area contributed by atoms with Gasteiger partial charge in [-0.05, 0) is 24.3 Å². The minimum atomic E-state index is -4.54. The third-order valence-corrected chi connectivity index (χ3v) is 3.03. The Morgan fingerprint density at radius 1 is 1.14 bits per heavy atom. The summed E-state index contributed by atoms with van der Waals surface area (Å²) in [4.78, 5) is 15.5. The van der Waals surface area contributed by atoms with E-state index in [1.807, 2.05) is 0 Å². The second kappa shape index (κ2) is 5.14. The molecule has 0 spiro atoms. The molecule has 2 heterocycles. The number of H-pyrrole nitrogens is 1. The normalized spacial score (nSPS) is 11.6. The Bertz CT molecular complexity index is 841. The van der Waals surface area contributed by atoms with Gasteiger partial charge in [-0.3, -0.25) is 14.9 Å². The van der Waals surface area contributed by atoms with E-state index in [0.717, 1.165) is 23.2 Å². The lowest BCUT2D eigenvalue weighted by molar-refractivity contribution is -0.137. The van der Waals surface area contributed by atoms with Gasteiger partial charge in [0, 0.05) is 23.5 Å². The number of aromatic amines is 1. The zero-order chi connectivity index (χ0) is 15.7. The number of aromatic nitrogens is 3. The van der Waals surface area contributed by atoms with E-state index in [-0.39, 0.29) is 5.56 Å². The number of carbonyl (C=O) groups excluding carboxylic acids is 1. The lowest BCUT2D eigenvalue weighted by Crippen LogP contribution is -2.14. The van der Waals surface area contributed by atoms with E-state index >= 15 is 0 Å². The SMILES string of the molecule is O=C(Nc1ccc2[nH]ncc2c1)c1cncc(C(F)(F)F)c1. The van der Waals surface area contributed by atoms with Crippen LogP contribution in [-0.4, -0.2) is 21.1 Å². The molecule has 0 radical (unpaired) electrons. The zero-order valence-corrected chi connectivity index (χ0v) is 11.0. The molecule has 0 aliphatic heterocycles. The molecule has 0 saturated heterocycles. The van der Waals surface area contributed by atoms with E-state index in [1.165, 1.54) is 0 Å². The highest BCUT2D eigenvalue weighted by Crippen LogP contribution is 2.29. The average Bonchev–Trinajstić information content (AvgIpc) is 2.94. The van der Waals surface area contributed by atoms with Crippen LogP contribution >= 0.6 is 0 Å². The quantitative estimate of drug-likeness (QED) is 0.763. The first-order valence-electron chi connectivity index (χ1n) is 6.20. The molecule has 0 unspecified atom stereocenters. The lowest BCUT2D eigenvalue weighted by atomic mass is 10.2. The molecule has 0 fully saturated rings. The first-order chi connectivity index (χ1) is 10.4. The van der Waals surface area contributed by atoms with Gasteiger partial charge in [0.1, 0.15) is 0 Å². The van der Waals surface area contributed by atoms with Crippen LogP contribution in [-0.2, 0) is 6.18 Å². The Labute approximate surface area is 122 Å². The fraction of sp³-hybridized carbons (Fsp3) is 0.0714. The van der Waals surface area contributed by atoms with Crippen LogP contribution in [0.2, 0.25) is 0 Å². The second-order valence-electron chi connectivity index (χ2n) is 4.59. The number of amides is 1. The largest absolute Gasteiger partial charge is 0.417 e. The summed E-state index contributed by atoms with van der Waals surface area (Å²) in [6.07, 6.45) is -1.20. The highest BCUT2D eigenvalue weighted by atomic mass is 19.4. The molecule has 0 aliphatic carbocycles.